The number of hydrogen-bond acceptors (Lipinski definition) is 8. The fourth-order valence-corrected chi connectivity index (χ4v) is 5.17. The summed E-state index contributed by atoms with van der Waals surface area (Å²) in [4.78, 5) is 31.9. The normalized spacial score (nSPS) is 15.3. The first-order chi connectivity index (χ1) is 17.4. The van der Waals surface area contributed by atoms with E-state index in [0.717, 1.165) is 0 Å². The minimum Gasteiger partial charge on any atom is -0.504 e. The highest BCUT2D eigenvalue weighted by molar-refractivity contribution is 7.07. The molecule has 0 saturated carbocycles. The maximum atomic E-state index is 13.8. The SMILES string of the molecule is CCOC(=O)C1=C(C)N=c2s/c(=C\c3ccc(O)c(OCC)c3)c(=O)n2[C@@H]1c1ccccc1OCC. The van der Waals surface area contributed by atoms with Crippen molar-refractivity contribution in [3.05, 3.63) is 84.5 Å². The lowest BCUT2D eigenvalue weighted by molar-refractivity contribution is -0.139. The van der Waals surface area contributed by atoms with Crippen molar-refractivity contribution in [3.63, 3.8) is 0 Å². The number of aromatic nitrogens is 1. The summed E-state index contributed by atoms with van der Waals surface area (Å²) in [5, 5.41) is 10.0. The van der Waals surface area contributed by atoms with Crippen molar-refractivity contribution in [1.82, 2.24) is 4.57 Å². The lowest BCUT2D eigenvalue weighted by Gasteiger charge is -2.26. The average molecular weight is 509 g/mol. The van der Waals surface area contributed by atoms with Gasteiger partial charge in [0.2, 0.25) is 0 Å². The molecule has 1 atom stereocenters. The van der Waals surface area contributed by atoms with Gasteiger partial charge in [-0.05, 0) is 57.5 Å². The number of fused-ring (bicyclic) bond motifs is 1. The third kappa shape index (κ3) is 4.79. The van der Waals surface area contributed by atoms with Crippen LogP contribution in [-0.2, 0) is 9.53 Å². The average Bonchev–Trinajstić information content (AvgIpc) is 3.15. The zero-order valence-corrected chi connectivity index (χ0v) is 21.4. The van der Waals surface area contributed by atoms with Crippen LogP contribution >= 0.6 is 11.3 Å². The number of nitrogens with zero attached hydrogens (tertiary/aromatic N) is 2. The van der Waals surface area contributed by atoms with Crippen LogP contribution in [0.5, 0.6) is 17.2 Å². The van der Waals surface area contributed by atoms with Crippen LogP contribution in [0.4, 0.5) is 0 Å². The molecule has 2 aromatic carbocycles. The Morgan fingerprint density at radius 3 is 2.53 bits per heavy atom. The second kappa shape index (κ2) is 10.8. The number of aromatic hydroxyl groups is 1. The summed E-state index contributed by atoms with van der Waals surface area (Å²) in [6.07, 6.45) is 1.72. The second-order valence-corrected chi connectivity index (χ2v) is 8.94. The number of ether oxygens (including phenoxy) is 3. The maximum absolute atomic E-state index is 13.8. The molecule has 0 unspecified atom stereocenters. The van der Waals surface area contributed by atoms with Gasteiger partial charge in [-0.1, -0.05) is 35.6 Å². The van der Waals surface area contributed by atoms with Gasteiger partial charge in [0.15, 0.2) is 16.3 Å². The third-order valence-corrected chi connectivity index (χ3v) is 6.59. The molecular formula is C27H28N2O6S. The molecule has 1 aromatic heterocycles. The predicted octanol–water partition coefficient (Wildman–Crippen LogP) is 3.30. The molecule has 9 heteroatoms. The first-order valence-corrected chi connectivity index (χ1v) is 12.6. The predicted molar refractivity (Wildman–Crippen MR) is 137 cm³/mol. The molecule has 8 nitrogen and oxygen atoms in total. The molecule has 0 aliphatic carbocycles. The Kier molecular flexibility index (Phi) is 7.59. The Balaban J connectivity index is 1.95. The van der Waals surface area contributed by atoms with E-state index in [0.29, 0.717) is 56.4 Å². The van der Waals surface area contributed by atoms with Crippen LogP contribution in [0.3, 0.4) is 0 Å². The molecule has 0 saturated heterocycles. The Hall–Kier alpha value is -3.85. The Labute approximate surface area is 212 Å². The fourth-order valence-electron chi connectivity index (χ4n) is 4.12. The van der Waals surface area contributed by atoms with E-state index in [1.54, 1.807) is 32.1 Å². The zero-order valence-electron chi connectivity index (χ0n) is 20.6. The topological polar surface area (TPSA) is 99.4 Å². The van der Waals surface area contributed by atoms with E-state index in [4.69, 9.17) is 14.2 Å². The van der Waals surface area contributed by atoms with E-state index >= 15 is 0 Å². The van der Waals surface area contributed by atoms with E-state index in [1.807, 2.05) is 38.1 Å². The van der Waals surface area contributed by atoms with Crippen LogP contribution in [0.1, 0.15) is 44.9 Å². The van der Waals surface area contributed by atoms with Crippen molar-refractivity contribution in [2.45, 2.75) is 33.7 Å². The molecular weight excluding hydrogens is 480 g/mol. The van der Waals surface area contributed by atoms with Gasteiger partial charge < -0.3 is 19.3 Å². The quantitative estimate of drug-likeness (QED) is 0.469. The van der Waals surface area contributed by atoms with Gasteiger partial charge in [0.25, 0.3) is 5.56 Å². The van der Waals surface area contributed by atoms with E-state index in [2.05, 4.69) is 4.99 Å². The molecule has 2 heterocycles. The van der Waals surface area contributed by atoms with Gasteiger partial charge in [0.1, 0.15) is 11.8 Å². The van der Waals surface area contributed by atoms with Crippen LogP contribution in [0.15, 0.2) is 63.5 Å². The third-order valence-electron chi connectivity index (χ3n) is 5.61. The van der Waals surface area contributed by atoms with Gasteiger partial charge in [-0.25, -0.2) is 9.79 Å². The highest BCUT2D eigenvalue weighted by atomic mass is 32.1. The number of thiazole rings is 1. The first kappa shape index (κ1) is 25.2. The zero-order chi connectivity index (χ0) is 25.8. The van der Waals surface area contributed by atoms with Gasteiger partial charge >= 0.3 is 5.97 Å². The number of rotatable bonds is 8. The molecule has 4 rings (SSSR count). The monoisotopic (exact) mass is 508 g/mol. The van der Waals surface area contributed by atoms with E-state index in [1.165, 1.54) is 22.0 Å². The smallest absolute Gasteiger partial charge is 0.338 e. The number of benzene rings is 2. The van der Waals surface area contributed by atoms with Crippen molar-refractivity contribution in [2.75, 3.05) is 19.8 Å². The summed E-state index contributed by atoms with van der Waals surface area (Å²) in [7, 11) is 0. The van der Waals surface area contributed by atoms with Crippen molar-refractivity contribution in [2.24, 2.45) is 4.99 Å². The standard InChI is InChI=1S/C27H28N2O6S/c1-5-33-20-11-9-8-10-18(20)24-23(26(32)35-7-3)16(4)28-27-29(24)25(31)22(36-27)15-17-12-13-19(30)21(14-17)34-6-2/h8-15,24,30H,5-7H2,1-4H3/b22-15-/t24-/m1/s1. The molecule has 0 bridgehead atoms. The highest BCUT2D eigenvalue weighted by Crippen LogP contribution is 2.36. The largest absolute Gasteiger partial charge is 0.504 e. The van der Waals surface area contributed by atoms with Crippen molar-refractivity contribution in [1.29, 1.82) is 0 Å². The molecule has 1 aliphatic heterocycles. The Morgan fingerprint density at radius 2 is 1.81 bits per heavy atom. The number of esters is 1. The number of allylic oxidation sites excluding steroid dienone is 1. The fraction of sp³-hybridized carbons (Fsp3) is 0.296. The summed E-state index contributed by atoms with van der Waals surface area (Å²) in [5.41, 5.74) is 1.85. The number of phenolic OH excluding ortho intramolecular Hbond substituents is 1. The molecule has 0 fully saturated rings. The molecule has 3 aromatic rings. The number of phenols is 1. The molecule has 188 valence electrons. The summed E-state index contributed by atoms with van der Waals surface area (Å²) >= 11 is 1.23. The van der Waals surface area contributed by atoms with Gasteiger partial charge in [-0.15, -0.1) is 0 Å². The van der Waals surface area contributed by atoms with Crippen LogP contribution < -0.4 is 24.4 Å². The van der Waals surface area contributed by atoms with Gasteiger partial charge in [-0.3, -0.25) is 9.36 Å². The summed E-state index contributed by atoms with van der Waals surface area (Å²) < 4.78 is 18.6. The van der Waals surface area contributed by atoms with Crippen LogP contribution in [0, 0.1) is 0 Å². The highest BCUT2D eigenvalue weighted by Gasteiger charge is 2.35. The van der Waals surface area contributed by atoms with E-state index < -0.39 is 12.0 Å². The van der Waals surface area contributed by atoms with Gasteiger partial charge in [0, 0.05) is 5.56 Å². The Bertz CT molecular complexity index is 1500. The first-order valence-electron chi connectivity index (χ1n) is 11.8. The molecule has 1 aliphatic rings. The van der Waals surface area contributed by atoms with E-state index in [-0.39, 0.29) is 17.9 Å². The molecule has 0 spiro atoms. The van der Waals surface area contributed by atoms with Crippen LogP contribution in [-0.4, -0.2) is 35.5 Å². The molecule has 36 heavy (non-hydrogen) atoms. The van der Waals surface area contributed by atoms with Crippen LogP contribution in [0.2, 0.25) is 0 Å². The van der Waals surface area contributed by atoms with E-state index in [9.17, 15) is 14.7 Å². The van der Waals surface area contributed by atoms with Crippen LogP contribution in [0.25, 0.3) is 6.08 Å². The summed E-state index contributed by atoms with van der Waals surface area (Å²) in [5.74, 6) is 0.417. The maximum Gasteiger partial charge on any atom is 0.338 e. The van der Waals surface area contributed by atoms with Gasteiger partial charge in [-0.2, -0.15) is 0 Å². The summed E-state index contributed by atoms with van der Waals surface area (Å²) in [6.45, 7) is 8.21. The number of carbonyl (C=O) groups excluding carboxylic acids is 1. The lowest BCUT2D eigenvalue weighted by atomic mass is 9.95. The number of hydrogen-bond donors (Lipinski definition) is 1. The second-order valence-electron chi connectivity index (χ2n) is 7.93. The molecule has 0 amide bonds. The molecule has 1 N–H and O–H groups in total. The van der Waals surface area contributed by atoms with Crippen molar-refractivity contribution >= 4 is 23.4 Å². The number of carbonyl (C=O) groups is 1. The summed E-state index contributed by atoms with van der Waals surface area (Å²) in [6, 6.07) is 11.5. The lowest BCUT2D eigenvalue weighted by Crippen LogP contribution is -2.40. The Morgan fingerprint density at radius 1 is 1.08 bits per heavy atom. The van der Waals surface area contributed by atoms with Crippen molar-refractivity contribution in [3.8, 4) is 17.2 Å². The van der Waals surface area contributed by atoms with Gasteiger partial charge in [0.05, 0.1) is 35.6 Å². The number of para-hydroxylation sites is 1. The minimum atomic E-state index is -0.760. The van der Waals surface area contributed by atoms with Crippen molar-refractivity contribution < 1.29 is 24.1 Å². The molecule has 0 radical (unpaired) electrons. The minimum absolute atomic E-state index is 0.0256.